The molecule has 3 aromatic carbocycles. The quantitative estimate of drug-likeness (QED) is 0.0545. The van der Waals surface area contributed by atoms with Crippen LogP contribution in [0.15, 0.2) is 43.0 Å². The van der Waals surface area contributed by atoms with Crippen molar-refractivity contribution in [1.29, 1.82) is 0 Å². The maximum Gasteiger partial charge on any atom is 0.250 e. The Morgan fingerprint density at radius 2 is 1.10 bits per heavy atom. The average Bonchev–Trinajstić information content (AvgIpc) is 4.00. The summed E-state index contributed by atoms with van der Waals surface area (Å²) in [6.07, 6.45) is 29.8. The highest BCUT2D eigenvalue weighted by Gasteiger charge is 2.41. The van der Waals surface area contributed by atoms with Crippen LogP contribution in [0.4, 0.5) is 0 Å². The van der Waals surface area contributed by atoms with Gasteiger partial charge in [-0.05, 0) is 183 Å². The van der Waals surface area contributed by atoms with Crippen LogP contribution in [0.1, 0.15) is 195 Å². The smallest absolute Gasteiger partial charge is 0.250 e. The van der Waals surface area contributed by atoms with Crippen molar-refractivity contribution in [2.45, 2.75) is 247 Å². The molecule has 0 spiro atoms. The van der Waals surface area contributed by atoms with E-state index in [0.717, 1.165) is 97.5 Å². The van der Waals surface area contributed by atoms with Crippen molar-refractivity contribution in [3.63, 3.8) is 0 Å². The molecule has 0 bridgehead atoms. The zero-order chi connectivity index (χ0) is 50.0. The van der Waals surface area contributed by atoms with Crippen molar-refractivity contribution in [3.8, 4) is 23.0 Å². The first-order valence-corrected chi connectivity index (χ1v) is 29.9. The second-order valence-corrected chi connectivity index (χ2v) is 27.7. The zero-order valence-corrected chi connectivity index (χ0v) is 46.5. The number of aromatic nitrogens is 5. The van der Waals surface area contributed by atoms with Gasteiger partial charge in [-0.15, -0.1) is 0 Å². The third kappa shape index (κ3) is 13.8. The molecule has 10 heteroatoms. The van der Waals surface area contributed by atoms with E-state index in [1.54, 1.807) is 17.2 Å². The van der Waals surface area contributed by atoms with Gasteiger partial charge in [-0.3, -0.25) is 0 Å². The monoisotopic (exact) mass is 962 g/mol. The molecule has 0 saturated carbocycles. The molecule has 1 N–H and O–H groups in total. The summed E-state index contributed by atoms with van der Waals surface area (Å²) in [5, 5.41) is 18.8. The van der Waals surface area contributed by atoms with Gasteiger partial charge in [0.25, 0.3) is 8.32 Å². The molecule has 5 aromatic rings. The SMILES string of the molecule is Cc1c(C)c2c(c(C)c1O)CC[C@@](C)(CCCCCCCCCn1nccn1)O2.Cc1c(C)c2c(c(C)c1O[Si](C)(C)C(C)(C)C)CCC(C)(CCCCCCCCCn1cnc3ccccc31)O2. The highest BCUT2D eigenvalue weighted by atomic mass is 28.4. The van der Waals surface area contributed by atoms with Gasteiger partial charge in [0, 0.05) is 17.7 Å². The zero-order valence-electron chi connectivity index (χ0n) is 45.5. The summed E-state index contributed by atoms with van der Waals surface area (Å²) >= 11 is 0. The summed E-state index contributed by atoms with van der Waals surface area (Å²) in [4.78, 5) is 6.28. The van der Waals surface area contributed by atoms with Crippen LogP contribution in [0.3, 0.4) is 0 Å². The topological polar surface area (TPSA) is 96.5 Å². The number of phenols is 1. The first kappa shape index (κ1) is 54.0. The van der Waals surface area contributed by atoms with E-state index in [4.69, 9.17) is 13.9 Å². The Hall–Kier alpha value is -4.31. The molecule has 0 fully saturated rings. The number of hydrogen-bond acceptors (Lipinski definition) is 7. The average molecular weight is 962 g/mol. The van der Waals surface area contributed by atoms with E-state index in [1.807, 2.05) is 20.2 Å². The summed E-state index contributed by atoms with van der Waals surface area (Å²) < 4.78 is 22.5. The van der Waals surface area contributed by atoms with E-state index in [9.17, 15) is 5.11 Å². The second kappa shape index (κ2) is 23.7. The fraction of sp³-hybridized carbons (Fsp3) is 0.644. The lowest BCUT2D eigenvalue weighted by Crippen LogP contribution is -2.44. The summed E-state index contributed by atoms with van der Waals surface area (Å²) in [6, 6.07) is 8.42. The number of benzene rings is 3. The molecule has 2 aliphatic heterocycles. The number of rotatable bonds is 22. The molecular formula is C59H91N5O4Si. The van der Waals surface area contributed by atoms with Gasteiger partial charge in [0.15, 0.2) is 0 Å². The minimum Gasteiger partial charge on any atom is -0.543 e. The Bertz CT molecular complexity index is 2430. The molecule has 0 aliphatic carbocycles. The third-order valence-electron chi connectivity index (χ3n) is 16.5. The van der Waals surface area contributed by atoms with E-state index in [2.05, 4.69) is 119 Å². The summed E-state index contributed by atoms with van der Waals surface area (Å²) in [5.74, 6) is 3.72. The number of aryl methyl sites for hydroxylation is 2. The maximum atomic E-state index is 10.3. The number of nitrogens with zero attached hydrogens (tertiary/aromatic N) is 5. The molecule has 9 nitrogen and oxygen atoms in total. The van der Waals surface area contributed by atoms with Crippen LogP contribution in [0.25, 0.3) is 11.0 Å². The lowest BCUT2D eigenvalue weighted by atomic mass is 9.84. The van der Waals surface area contributed by atoms with Crippen LogP contribution in [0, 0.1) is 41.5 Å². The lowest BCUT2D eigenvalue weighted by molar-refractivity contribution is 0.0519. The van der Waals surface area contributed by atoms with E-state index in [-0.39, 0.29) is 16.2 Å². The molecule has 2 aromatic heterocycles. The van der Waals surface area contributed by atoms with Crippen LogP contribution in [-0.4, -0.2) is 49.2 Å². The molecule has 4 heterocycles. The number of para-hydroxylation sites is 2. The first-order valence-electron chi connectivity index (χ1n) is 27.0. The normalized spacial score (nSPS) is 18.0. The number of imidazole rings is 1. The van der Waals surface area contributed by atoms with Crippen molar-refractivity contribution in [2.24, 2.45) is 0 Å². The molecular weight excluding hydrogens is 871 g/mol. The van der Waals surface area contributed by atoms with Gasteiger partial charge in [0.1, 0.15) is 34.2 Å². The number of fused-ring (bicyclic) bond motifs is 3. The number of aromatic hydroxyl groups is 1. The van der Waals surface area contributed by atoms with Crippen LogP contribution < -0.4 is 13.9 Å². The van der Waals surface area contributed by atoms with Gasteiger partial charge >= 0.3 is 0 Å². The number of ether oxygens (including phenoxy) is 2. The first-order chi connectivity index (χ1) is 32.7. The van der Waals surface area contributed by atoms with Gasteiger partial charge in [-0.1, -0.05) is 97.1 Å². The van der Waals surface area contributed by atoms with Crippen molar-refractivity contribution in [3.05, 3.63) is 87.5 Å². The number of hydrogen-bond donors (Lipinski definition) is 1. The number of unbranched alkanes of at least 4 members (excludes halogenated alkanes) is 12. The van der Waals surface area contributed by atoms with Crippen molar-refractivity contribution in [1.82, 2.24) is 24.5 Å². The number of phenolic OH excluding ortho intramolecular Hbond substituents is 1. The summed E-state index contributed by atoms with van der Waals surface area (Å²) in [7, 11) is -1.91. The van der Waals surface area contributed by atoms with Crippen LogP contribution in [-0.2, 0) is 25.9 Å². The van der Waals surface area contributed by atoms with Gasteiger partial charge in [-0.25, -0.2) is 4.98 Å². The van der Waals surface area contributed by atoms with Gasteiger partial charge in [0.05, 0.1) is 36.3 Å². The molecule has 0 saturated heterocycles. The van der Waals surface area contributed by atoms with Crippen molar-refractivity contribution in [2.75, 3.05) is 0 Å². The summed E-state index contributed by atoms with van der Waals surface area (Å²) in [5.41, 5.74) is 11.7. The molecule has 2 atom stereocenters. The van der Waals surface area contributed by atoms with Crippen molar-refractivity contribution < 1.29 is 19.0 Å². The Labute approximate surface area is 418 Å². The fourth-order valence-electron chi connectivity index (χ4n) is 10.3. The third-order valence-corrected chi connectivity index (χ3v) is 20.8. The highest BCUT2D eigenvalue weighted by molar-refractivity contribution is 6.74. The molecule has 7 rings (SSSR count). The Morgan fingerprint density at radius 3 is 1.65 bits per heavy atom. The van der Waals surface area contributed by atoms with E-state index in [0.29, 0.717) is 5.75 Å². The Morgan fingerprint density at radius 1 is 0.623 bits per heavy atom. The standard InChI is InChI=1S/C35H54N2O2Si.C24H37N3O2/c1-26-27(2)33-29(28(3)32(26)39-40(8,9)34(4,5)6)21-23-35(7,38-33)22-17-13-11-10-12-14-18-24-37-25-36-30-19-15-16-20-31(30)37;1-18-19(2)23-21(20(3)22(18)28)12-14-24(4,29-23)13-10-8-6-5-7-9-11-17-27-25-15-16-26-27/h15-16,19-20,25H,10-14,17-18,21-24H2,1-9H3;15-16,28H,5-14,17H2,1-4H3/t;24-/m.1/s1. The van der Waals surface area contributed by atoms with Gasteiger partial charge in [-0.2, -0.15) is 15.0 Å². The van der Waals surface area contributed by atoms with E-state index in [1.165, 1.54) is 117 Å². The Balaban J connectivity index is 0.000000239. The minimum absolute atomic E-state index is 0.0635. The van der Waals surface area contributed by atoms with Crippen LogP contribution in [0.2, 0.25) is 18.1 Å². The molecule has 0 radical (unpaired) electrons. The highest BCUT2D eigenvalue weighted by Crippen LogP contribution is 2.48. The molecule has 69 heavy (non-hydrogen) atoms. The predicted octanol–water partition coefficient (Wildman–Crippen LogP) is 16.1. The van der Waals surface area contributed by atoms with Gasteiger partial charge < -0.3 is 23.6 Å². The lowest BCUT2D eigenvalue weighted by Gasteiger charge is -2.41. The Kier molecular flexibility index (Phi) is 18.6. The largest absolute Gasteiger partial charge is 0.543 e. The van der Waals surface area contributed by atoms with Crippen LogP contribution >= 0.6 is 0 Å². The molecule has 2 aliphatic rings. The van der Waals surface area contributed by atoms with E-state index >= 15 is 0 Å². The molecule has 0 amide bonds. The van der Waals surface area contributed by atoms with E-state index < -0.39 is 8.32 Å². The molecule has 380 valence electrons. The minimum atomic E-state index is -1.91. The van der Waals surface area contributed by atoms with Crippen LogP contribution in [0.5, 0.6) is 23.0 Å². The van der Waals surface area contributed by atoms with Gasteiger partial charge in [0.2, 0.25) is 0 Å². The second-order valence-electron chi connectivity index (χ2n) is 23.0. The predicted molar refractivity (Wildman–Crippen MR) is 289 cm³/mol. The maximum absolute atomic E-state index is 10.3. The molecule has 1 unspecified atom stereocenters. The fourth-order valence-corrected chi connectivity index (χ4v) is 11.5. The van der Waals surface area contributed by atoms with Crippen molar-refractivity contribution >= 4 is 19.4 Å². The summed E-state index contributed by atoms with van der Waals surface area (Å²) in [6.45, 7) is 31.0.